The molecule has 1 amide bonds. The van der Waals surface area contributed by atoms with Gasteiger partial charge in [-0.3, -0.25) is 4.79 Å². The molecule has 0 heterocycles. The zero-order valence-corrected chi connectivity index (χ0v) is 7.41. The molecule has 74 valence electrons. The summed E-state index contributed by atoms with van der Waals surface area (Å²) in [4.78, 5) is 30.9. The van der Waals surface area contributed by atoms with Crippen molar-refractivity contribution in [3.05, 3.63) is 0 Å². The quantitative estimate of drug-likeness (QED) is 0.408. The van der Waals surface area contributed by atoms with Gasteiger partial charge < -0.3 is 20.0 Å². The highest BCUT2D eigenvalue weighted by Crippen LogP contribution is 1.98. The van der Waals surface area contributed by atoms with Crippen LogP contribution in [-0.4, -0.2) is 24.2 Å². The van der Waals surface area contributed by atoms with Gasteiger partial charge in [0.2, 0.25) is 5.91 Å². The molecule has 0 aromatic rings. The third kappa shape index (κ3) is 5.84. The van der Waals surface area contributed by atoms with E-state index in [-0.39, 0.29) is 6.42 Å². The van der Waals surface area contributed by atoms with E-state index >= 15 is 0 Å². The Morgan fingerprint density at radius 3 is 2.54 bits per heavy atom. The van der Waals surface area contributed by atoms with Crippen LogP contribution in [-0.2, 0) is 14.4 Å². The van der Waals surface area contributed by atoms with Crippen molar-refractivity contribution < 1.29 is 19.5 Å². The predicted octanol–water partition coefficient (Wildman–Crippen LogP) is -1.39. The second kappa shape index (κ2) is 6.16. The summed E-state index contributed by atoms with van der Waals surface area (Å²) in [6.07, 6.45) is 1.66. The first-order chi connectivity index (χ1) is 6.07. The number of hydrogen-bond donors (Lipinski definition) is 1. The van der Waals surface area contributed by atoms with Crippen LogP contribution in [0.2, 0.25) is 0 Å². The third-order valence-electron chi connectivity index (χ3n) is 1.48. The number of amides is 1. The Balaban J connectivity index is 3.87. The molecule has 5 nitrogen and oxygen atoms in total. The molecule has 0 aromatic carbocycles. The number of aliphatic carboxylic acids is 1. The van der Waals surface area contributed by atoms with E-state index in [2.05, 4.69) is 5.32 Å². The number of unbranched alkanes of at least 4 members (excludes halogenated alkanes) is 1. The minimum Gasteiger partial charge on any atom is -0.548 e. The number of hydrogen-bond acceptors (Lipinski definition) is 4. The van der Waals surface area contributed by atoms with Crippen molar-refractivity contribution in [3.63, 3.8) is 0 Å². The largest absolute Gasteiger partial charge is 0.548 e. The Bertz CT molecular complexity index is 202. The summed E-state index contributed by atoms with van der Waals surface area (Å²) in [6, 6.07) is -0.988. The van der Waals surface area contributed by atoms with Crippen LogP contribution in [0.25, 0.3) is 0 Å². The summed E-state index contributed by atoms with van der Waals surface area (Å²) < 4.78 is 0. The number of carbonyl (C=O) groups excluding carboxylic acids is 3. The van der Waals surface area contributed by atoms with Crippen molar-refractivity contribution in [2.45, 2.75) is 32.2 Å². The van der Waals surface area contributed by atoms with Crippen molar-refractivity contribution in [1.82, 2.24) is 5.32 Å². The molecule has 0 aromatic heterocycles. The maximum absolute atomic E-state index is 10.5. The summed E-state index contributed by atoms with van der Waals surface area (Å²) in [5.41, 5.74) is 0. The molecular formula is C8H12NO4-. The highest BCUT2D eigenvalue weighted by Gasteiger charge is 2.09. The fourth-order valence-electron chi connectivity index (χ4n) is 0.900. The standard InChI is InChI=1S/C8H13NO4/c1-6(11)9-7(8(12)13)4-2-3-5-10/h5,7H,2-4H2,1H3,(H,9,11)(H,12,13)/p-1/t7-/m0/s1. The fourth-order valence-corrected chi connectivity index (χ4v) is 0.900. The second-order valence-corrected chi connectivity index (χ2v) is 2.67. The monoisotopic (exact) mass is 186 g/mol. The molecule has 0 spiro atoms. The Kier molecular flexibility index (Phi) is 5.50. The molecule has 13 heavy (non-hydrogen) atoms. The lowest BCUT2D eigenvalue weighted by Crippen LogP contribution is -2.47. The normalized spacial score (nSPS) is 11.8. The number of aldehydes is 1. The van der Waals surface area contributed by atoms with Gasteiger partial charge in [0, 0.05) is 13.3 Å². The van der Waals surface area contributed by atoms with E-state index < -0.39 is 17.9 Å². The van der Waals surface area contributed by atoms with Crippen molar-refractivity contribution in [2.24, 2.45) is 0 Å². The van der Waals surface area contributed by atoms with Crippen LogP contribution in [0.5, 0.6) is 0 Å². The van der Waals surface area contributed by atoms with Gasteiger partial charge in [0.05, 0.1) is 12.0 Å². The topological polar surface area (TPSA) is 86.3 Å². The minimum atomic E-state index is -1.32. The van der Waals surface area contributed by atoms with E-state index in [1.54, 1.807) is 0 Å². The van der Waals surface area contributed by atoms with Crippen LogP contribution in [0.3, 0.4) is 0 Å². The van der Waals surface area contributed by atoms with Crippen LogP contribution >= 0.6 is 0 Å². The van der Waals surface area contributed by atoms with Gasteiger partial charge in [0.25, 0.3) is 0 Å². The average Bonchev–Trinajstić information content (AvgIpc) is 2.02. The Hall–Kier alpha value is -1.39. The highest BCUT2D eigenvalue weighted by molar-refractivity contribution is 5.80. The lowest BCUT2D eigenvalue weighted by atomic mass is 10.1. The van der Waals surface area contributed by atoms with Gasteiger partial charge in [0.1, 0.15) is 6.29 Å². The van der Waals surface area contributed by atoms with E-state index in [1.807, 2.05) is 0 Å². The maximum Gasteiger partial charge on any atom is 0.217 e. The predicted molar refractivity (Wildman–Crippen MR) is 42.5 cm³/mol. The lowest BCUT2D eigenvalue weighted by molar-refractivity contribution is -0.308. The van der Waals surface area contributed by atoms with Gasteiger partial charge in [-0.2, -0.15) is 0 Å². The first kappa shape index (κ1) is 11.6. The van der Waals surface area contributed by atoms with Gasteiger partial charge in [-0.05, 0) is 12.8 Å². The number of carboxylic acids is 1. The number of carboxylic acid groups (broad SMARTS) is 1. The zero-order valence-electron chi connectivity index (χ0n) is 7.41. The van der Waals surface area contributed by atoms with Gasteiger partial charge in [-0.25, -0.2) is 0 Å². The fraction of sp³-hybridized carbons (Fsp3) is 0.625. The summed E-state index contributed by atoms with van der Waals surface area (Å²) in [5.74, 6) is -1.73. The van der Waals surface area contributed by atoms with E-state index in [9.17, 15) is 19.5 Å². The molecular weight excluding hydrogens is 174 g/mol. The molecule has 0 radical (unpaired) electrons. The summed E-state index contributed by atoms with van der Waals surface area (Å²) in [7, 11) is 0. The molecule has 1 N–H and O–H groups in total. The van der Waals surface area contributed by atoms with Crippen LogP contribution in [0.4, 0.5) is 0 Å². The van der Waals surface area contributed by atoms with Gasteiger partial charge in [-0.1, -0.05) is 0 Å². The number of rotatable bonds is 6. The molecule has 1 atom stereocenters. The van der Waals surface area contributed by atoms with Crippen LogP contribution in [0.1, 0.15) is 26.2 Å². The second-order valence-electron chi connectivity index (χ2n) is 2.67. The molecule has 0 saturated heterocycles. The molecule has 0 unspecified atom stereocenters. The zero-order chi connectivity index (χ0) is 10.3. The molecule has 0 bridgehead atoms. The SMILES string of the molecule is CC(=O)N[C@@H](CCCC=O)C(=O)[O-]. The number of carbonyl (C=O) groups is 3. The van der Waals surface area contributed by atoms with Crippen LogP contribution < -0.4 is 10.4 Å². The molecule has 0 saturated carbocycles. The molecule has 0 aliphatic rings. The summed E-state index contributed by atoms with van der Waals surface area (Å²) in [6.45, 7) is 1.23. The minimum absolute atomic E-state index is 0.223. The van der Waals surface area contributed by atoms with E-state index in [0.717, 1.165) is 0 Å². The average molecular weight is 186 g/mol. The molecule has 0 aliphatic heterocycles. The summed E-state index contributed by atoms with van der Waals surface area (Å²) in [5, 5.41) is 12.6. The van der Waals surface area contributed by atoms with E-state index in [0.29, 0.717) is 19.1 Å². The van der Waals surface area contributed by atoms with Crippen LogP contribution in [0, 0.1) is 0 Å². The smallest absolute Gasteiger partial charge is 0.217 e. The van der Waals surface area contributed by atoms with Crippen LogP contribution in [0.15, 0.2) is 0 Å². The highest BCUT2D eigenvalue weighted by atomic mass is 16.4. The number of nitrogens with one attached hydrogen (secondary N) is 1. The lowest BCUT2D eigenvalue weighted by Gasteiger charge is -2.17. The van der Waals surface area contributed by atoms with Crippen molar-refractivity contribution in [1.29, 1.82) is 0 Å². The molecule has 0 aliphatic carbocycles. The van der Waals surface area contributed by atoms with Crippen molar-refractivity contribution in [3.8, 4) is 0 Å². The van der Waals surface area contributed by atoms with E-state index in [4.69, 9.17) is 0 Å². The molecule has 0 fully saturated rings. The Morgan fingerprint density at radius 2 is 2.15 bits per heavy atom. The van der Waals surface area contributed by atoms with Crippen molar-refractivity contribution in [2.75, 3.05) is 0 Å². The summed E-state index contributed by atoms with van der Waals surface area (Å²) >= 11 is 0. The molecule has 0 rings (SSSR count). The first-order valence-electron chi connectivity index (χ1n) is 3.99. The van der Waals surface area contributed by atoms with Gasteiger partial charge >= 0.3 is 0 Å². The Morgan fingerprint density at radius 1 is 1.54 bits per heavy atom. The molecule has 5 heteroatoms. The Labute approximate surface area is 76.1 Å². The maximum atomic E-state index is 10.5. The van der Waals surface area contributed by atoms with Crippen molar-refractivity contribution >= 4 is 18.2 Å². The van der Waals surface area contributed by atoms with Gasteiger partial charge in [0.15, 0.2) is 0 Å². The van der Waals surface area contributed by atoms with E-state index in [1.165, 1.54) is 6.92 Å². The third-order valence-corrected chi connectivity index (χ3v) is 1.48. The van der Waals surface area contributed by atoms with Gasteiger partial charge in [-0.15, -0.1) is 0 Å². The first-order valence-corrected chi connectivity index (χ1v) is 3.99.